The second kappa shape index (κ2) is 11.8. The first-order valence-electron chi connectivity index (χ1n) is 12.8. The van der Waals surface area contributed by atoms with Crippen molar-refractivity contribution in [2.75, 3.05) is 17.2 Å². The fourth-order valence-electron chi connectivity index (χ4n) is 4.08. The quantitative estimate of drug-likeness (QED) is 0.200. The van der Waals surface area contributed by atoms with E-state index in [1.807, 2.05) is 0 Å². The summed E-state index contributed by atoms with van der Waals surface area (Å²) in [5.74, 6) is -4.15. The standard InChI is InChI=1S/C27H23F3N8O5/c1-3-37-27(42)38(15-5-6-16(28)17(29)11-15)26(41)22(36-37)25(40)33-14-4-7-19(18(30)10-14)43-20-8-9-31-23-21(20)24(35-34-23)32-13(2)12-39/h4-11,13,39H,3,12H2,1-2H3,(H,33,40)(H2,31,32,34,35)/t13-/m0/s1. The van der Waals surface area contributed by atoms with E-state index in [0.29, 0.717) is 27.5 Å². The average Bonchev–Trinajstić information content (AvgIpc) is 3.39. The number of aliphatic hydroxyl groups is 1. The monoisotopic (exact) mass is 596 g/mol. The molecule has 0 spiro atoms. The van der Waals surface area contributed by atoms with Crippen LogP contribution >= 0.6 is 0 Å². The third-order valence-electron chi connectivity index (χ3n) is 6.20. The lowest BCUT2D eigenvalue weighted by Crippen LogP contribution is -2.44. The SMILES string of the molecule is CCn1nc(C(=O)Nc2ccc(Oc3ccnc4[nH]nc(N[C@@H](C)CO)c34)c(F)c2)c(=O)n(-c2ccc(F)c(F)c2)c1=O. The Morgan fingerprint density at radius 1 is 1.07 bits per heavy atom. The number of aliphatic hydroxyl groups excluding tert-OH is 1. The lowest BCUT2D eigenvalue weighted by atomic mass is 10.2. The molecule has 0 aliphatic rings. The van der Waals surface area contributed by atoms with E-state index < -0.39 is 40.3 Å². The number of benzene rings is 2. The number of H-pyrrole nitrogens is 1. The number of aromatic amines is 1. The van der Waals surface area contributed by atoms with Gasteiger partial charge in [-0.25, -0.2) is 32.2 Å². The van der Waals surface area contributed by atoms with Crippen LogP contribution in [0.3, 0.4) is 0 Å². The van der Waals surface area contributed by atoms with E-state index in [9.17, 15) is 28.3 Å². The van der Waals surface area contributed by atoms with Crippen LogP contribution in [0.15, 0.2) is 58.3 Å². The lowest BCUT2D eigenvalue weighted by Gasteiger charge is -2.13. The maximum Gasteiger partial charge on any atom is 0.352 e. The summed E-state index contributed by atoms with van der Waals surface area (Å²) in [5, 5.41) is 25.8. The molecule has 0 bridgehead atoms. The topological polar surface area (TPSA) is 169 Å². The summed E-state index contributed by atoms with van der Waals surface area (Å²) in [5.41, 5.74) is -2.96. The Morgan fingerprint density at radius 2 is 1.86 bits per heavy atom. The summed E-state index contributed by atoms with van der Waals surface area (Å²) in [7, 11) is 0. The van der Waals surface area contributed by atoms with Crippen LogP contribution in [0.5, 0.6) is 11.5 Å². The van der Waals surface area contributed by atoms with Gasteiger partial charge in [0.2, 0.25) is 5.69 Å². The van der Waals surface area contributed by atoms with E-state index >= 15 is 4.39 Å². The fourth-order valence-corrected chi connectivity index (χ4v) is 4.08. The van der Waals surface area contributed by atoms with Gasteiger partial charge in [0, 0.05) is 42.7 Å². The van der Waals surface area contributed by atoms with Crippen LogP contribution in [0.4, 0.5) is 24.7 Å². The summed E-state index contributed by atoms with van der Waals surface area (Å²) in [6.07, 6.45) is 1.43. The largest absolute Gasteiger partial charge is 0.453 e. The average molecular weight is 597 g/mol. The number of nitrogens with one attached hydrogen (secondary N) is 3. The molecule has 0 aliphatic heterocycles. The Labute approximate surface area is 239 Å². The molecule has 13 nitrogen and oxygen atoms in total. The number of aryl methyl sites for hydroxylation is 1. The van der Waals surface area contributed by atoms with Crippen molar-refractivity contribution in [3.8, 4) is 17.2 Å². The van der Waals surface area contributed by atoms with E-state index in [0.717, 1.165) is 22.9 Å². The van der Waals surface area contributed by atoms with Gasteiger partial charge in [-0.15, -0.1) is 0 Å². The number of anilines is 2. The Balaban J connectivity index is 1.43. The van der Waals surface area contributed by atoms with Crippen molar-refractivity contribution in [2.45, 2.75) is 26.4 Å². The molecule has 4 N–H and O–H groups in total. The first-order valence-corrected chi connectivity index (χ1v) is 12.8. The first kappa shape index (κ1) is 29.0. The number of ether oxygens (including phenoxy) is 1. The molecule has 0 unspecified atom stereocenters. The highest BCUT2D eigenvalue weighted by Gasteiger charge is 2.22. The van der Waals surface area contributed by atoms with Crippen molar-refractivity contribution in [1.29, 1.82) is 0 Å². The summed E-state index contributed by atoms with van der Waals surface area (Å²) in [6, 6.07) is 7.01. The molecule has 5 rings (SSSR count). The minimum atomic E-state index is -1.31. The molecule has 0 aliphatic carbocycles. The van der Waals surface area contributed by atoms with Crippen molar-refractivity contribution >= 4 is 28.4 Å². The van der Waals surface area contributed by atoms with Gasteiger partial charge in [-0.1, -0.05) is 0 Å². The number of hydrogen-bond donors (Lipinski definition) is 4. The zero-order chi connectivity index (χ0) is 30.8. The summed E-state index contributed by atoms with van der Waals surface area (Å²) in [6.45, 7) is 3.03. The van der Waals surface area contributed by atoms with Gasteiger partial charge in [0.1, 0.15) is 11.1 Å². The maximum absolute atomic E-state index is 15.1. The van der Waals surface area contributed by atoms with Crippen LogP contribution in [0, 0.1) is 17.5 Å². The van der Waals surface area contributed by atoms with Crippen LogP contribution in [0.2, 0.25) is 0 Å². The predicted octanol–water partition coefficient (Wildman–Crippen LogP) is 2.94. The number of halogens is 3. The van der Waals surface area contributed by atoms with Crippen LogP contribution in [0.1, 0.15) is 24.3 Å². The van der Waals surface area contributed by atoms with Crippen molar-refractivity contribution in [3.63, 3.8) is 0 Å². The normalized spacial score (nSPS) is 11.9. The summed E-state index contributed by atoms with van der Waals surface area (Å²) >= 11 is 0. The smallest absolute Gasteiger partial charge is 0.352 e. The molecule has 5 aromatic rings. The molecule has 0 fully saturated rings. The molecule has 3 aromatic heterocycles. The lowest BCUT2D eigenvalue weighted by molar-refractivity contribution is 0.101. The number of carbonyl (C=O) groups excluding carboxylic acids is 1. The Kier molecular flexibility index (Phi) is 7.94. The van der Waals surface area contributed by atoms with Crippen LogP contribution in [0.25, 0.3) is 16.7 Å². The summed E-state index contributed by atoms with van der Waals surface area (Å²) < 4.78 is 49.5. The van der Waals surface area contributed by atoms with Crippen LogP contribution in [-0.2, 0) is 6.54 Å². The van der Waals surface area contributed by atoms with Crippen LogP contribution in [-0.4, -0.2) is 53.2 Å². The second-order valence-corrected chi connectivity index (χ2v) is 9.22. The van der Waals surface area contributed by atoms with Crippen LogP contribution < -0.4 is 26.6 Å². The van der Waals surface area contributed by atoms with E-state index in [2.05, 4.69) is 30.9 Å². The van der Waals surface area contributed by atoms with E-state index in [1.54, 1.807) is 6.92 Å². The van der Waals surface area contributed by atoms with Gasteiger partial charge in [-0.3, -0.25) is 14.7 Å². The number of carbonyl (C=O) groups is 1. The van der Waals surface area contributed by atoms with Gasteiger partial charge >= 0.3 is 5.69 Å². The van der Waals surface area contributed by atoms with Gasteiger partial charge in [-0.05, 0) is 38.1 Å². The first-order chi connectivity index (χ1) is 20.6. The molecule has 3 heterocycles. The highest BCUT2D eigenvalue weighted by molar-refractivity contribution is 6.02. The number of amides is 1. The molecule has 1 atom stereocenters. The van der Waals surface area contributed by atoms with Crippen molar-refractivity contribution < 1.29 is 27.8 Å². The molecule has 0 saturated carbocycles. The Hall–Kier alpha value is -5.51. The number of pyridine rings is 1. The van der Waals surface area contributed by atoms with Gasteiger partial charge in [0.25, 0.3) is 11.5 Å². The third-order valence-corrected chi connectivity index (χ3v) is 6.20. The number of rotatable bonds is 9. The van der Waals surface area contributed by atoms with E-state index in [-0.39, 0.29) is 42.1 Å². The highest BCUT2D eigenvalue weighted by Crippen LogP contribution is 2.34. The summed E-state index contributed by atoms with van der Waals surface area (Å²) in [4.78, 5) is 43.1. The number of aromatic nitrogens is 6. The number of nitrogens with zero attached hydrogens (tertiary/aromatic N) is 5. The zero-order valence-corrected chi connectivity index (χ0v) is 22.6. The molecule has 2 aromatic carbocycles. The maximum atomic E-state index is 15.1. The molecular weight excluding hydrogens is 573 g/mol. The van der Waals surface area contributed by atoms with Gasteiger partial charge < -0.3 is 20.5 Å². The molecule has 16 heteroatoms. The van der Waals surface area contributed by atoms with E-state index in [4.69, 9.17) is 4.74 Å². The molecular formula is C27H23F3N8O5. The predicted molar refractivity (Wildman–Crippen MR) is 148 cm³/mol. The molecule has 0 radical (unpaired) electrons. The highest BCUT2D eigenvalue weighted by atomic mass is 19.2. The van der Waals surface area contributed by atoms with Crippen molar-refractivity contribution in [3.05, 3.63) is 92.6 Å². The van der Waals surface area contributed by atoms with Crippen molar-refractivity contribution in [2.24, 2.45) is 0 Å². The fraction of sp³-hybridized carbons (Fsp3) is 0.185. The number of fused-ring (bicyclic) bond motifs is 1. The molecule has 1 amide bonds. The Morgan fingerprint density at radius 3 is 2.56 bits per heavy atom. The molecule has 222 valence electrons. The second-order valence-electron chi connectivity index (χ2n) is 9.22. The van der Waals surface area contributed by atoms with Gasteiger partial charge in [0.05, 0.1) is 12.3 Å². The van der Waals surface area contributed by atoms with Gasteiger partial charge in [-0.2, -0.15) is 10.2 Å². The van der Waals surface area contributed by atoms with Gasteiger partial charge in [0.15, 0.2) is 34.7 Å². The third kappa shape index (κ3) is 5.67. The van der Waals surface area contributed by atoms with Crippen molar-refractivity contribution in [1.82, 2.24) is 29.5 Å². The minimum Gasteiger partial charge on any atom is -0.453 e. The zero-order valence-electron chi connectivity index (χ0n) is 22.6. The Bertz CT molecular complexity index is 1970. The minimum absolute atomic E-state index is 0.0567. The number of hydrogen-bond acceptors (Lipinski definition) is 9. The molecule has 43 heavy (non-hydrogen) atoms. The molecule has 0 saturated heterocycles. The van der Waals surface area contributed by atoms with E-state index in [1.165, 1.54) is 31.3 Å².